The smallest absolute Gasteiger partial charge is 0.322 e. The molecule has 5 nitrogen and oxygen atoms in total. The highest BCUT2D eigenvalue weighted by Gasteiger charge is 2.16. The van der Waals surface area contributed by atoms with Gasteiger partial charge in [0.1, 0.15) is 0 Å². The van der Waals surface area contributed by atoms with E-state index >= 15 is 0 Å². The monoisotopic (exact) mass is 279 g/mol. The average Bonchev–Trinajstić information content (AvgIpc) is 2.39. The maximum absolute atomic E-state index is 12.2. The van der Waals surface area contributed by atoms with Crippen molar-refractivity contribution in [2.24, 2.45) is 5.73 Å². The molecule has 1 atom stereocenters. The summed E-state index contributed by atoms with van der Waals surface area (Å²) in [6, 6.07) is 7.44. The second kappa shape index (κ2) is 7.87. The van der Waals surface area contributed by atoms with Gasteiger partial charge in [-0.25, -0.2) is 4.79 Å². The Bertz CT molecular complexity index is 416. The Balaban J connectivity index is 2.67. The van der Waals surface area contributed by atoms with Crippen LogP contribution in [0.5, 0.6) is 0 Å². The molecule has 4 N–H and O–H groups in total. The van der Waals surface area contributed by atoms with Gasteiger partial charge in [-0.15, -0.1) is 0 Å². The van der Waals surface area contributed by atoms with Crippen molar-refractivity contribution in [1.29, 1.82) is 0 Å². The van der Waals surface area contributed by atoms with Crippen molar-refractivity contribution >= 4 is 11.7 Å². The molecule has 0 aliphatic carbocycles. The number of carbonyl (C=O) groups excluding carboxylic acids is 1. The number of hydrogen-bond donors (Lipinski definition) is 3. The minimum absolute atomic E-state index is 0.0172. The van der Waals surface area contributed by atoms with E-state index in [1.54, 1.807) is 4.90 Å². The molecule has 5 heteroatoms. The number of hydrogen-bond acceptors (Lipinski definition) is 3. The van der Waals surface area contributed by atoms with Crippen molar-refractivity contribution in [2.45, 2.75) is 39.3 Å². The Kier molecular flexibility index (Phi) is 6.48. The van der Waals surface area contributed by atoms with Gasteiger partial charge in [0, 0.05) is 30.9 Å². The van der Waals surface area contributed by atoms with Crippen molar-refractivity contribution < 1.29 is 9.90 Å². The van der Waals surface area contributed by atoms with E-state index in [-0.39, 0.29) is 24.7 Å². The molecule has 0 saturated carbocycles. The van der Waals surface area contributed by atoms with Crippen LogP contribution in [0, 0.1) is 0 Å². The van der Waals surface area contributed by atoms with Gasteiger partial charge in [-0.3, -0.25) is 0 Å². The lowest BCUT2D eigenvalue weighted by molar-refractivity contribution is 0.186. The minimum Gasteiger partial charge on any atom is -0.396 e. The highest BCUT2D eigenvalue weighted by molar-refractivity contribution is 5.89. The van der Waals surface area contributed by atoms with Crippen molar-refractivity contribution in [3.8, 4) is 0 Å². The van der Waals surface area contributed by atoms with E-state index in [1.165, 1.54) is 0 Å². The number of nitrogens with two attached hydrogens (primary N) is 1. The van der Waals surface area contributed by atoms with Gasteiger partial charge in [-0.2, -0.15) is 0 Å². The van der Waals surface area contributed by atoms with Gasteiger partial charge in [-0.05, 0) is 44.9 Å². The molecule has 1 rings (SSSR count). The normalized spacial score (nSPS) is 12.3. The van der Waals surface area contributed by atoms with E-state index in [4.69, 9.17) is 10.8 Å². The molecular formula is C15H25N3O2. The molecule has 0 aromatic heterocycles. The lowest BCUT2D eigenvalue weighted by atomic mass is 10.1. The van der Waals surface area contributed by atoms with Crippen LogP contribution < -0.4 is 11.1 Å². The van der Waals surface area contributed by atoms with Gasteiger partial charge < -0.3 is 21.1 Å². The molecule has 0 spiro atoms. The summed E-state index contributed by atoms with van der Waals surface area (Å²) in [5, 5.41) is 11.7. The zero-order valence-corrected chi connectivity index (χ0v) is 12.5. The number of amides is 2. The fourth-order valence-electron chi connectivity index (χ4n) is 1.90. The fourth-order valence-corrected chi connectivity index (χ4v) is 1.90. The van der Waals surface area contributed by atoms with Gasteiger partial charge in [0.05, 0.1) is 0 Å². The number of aliphatic hydroxyl groups excluding tert-OH is 1. The third kappa shape index (κ3) is 4.83. The molecule has 20 heavy (non-hydrogen) atoms. The summed E-state index contributed by atoms with van der Waals surface area (Å²) in [5.74, 6) is 0. The van der Waals surface area contributed by atoms with Crippen LogP contribution in [0.15, 0.2) is 24.3 Å². The summed E-state index contributed by atoms with van der Waals surface area (Å²) in [6.45, 7) is 6.45. The quantitative estimate of drug-likeness (QED) is 0.748. The summed E-state index contributed by atoms with van der Waals surface area (Å²) in [5.41, 5.74) is 7.56. The number of carbonyl (C=O) groups is 1. The zero-order valence-electron chi connectivity index (χ0n) is 12.5. The number of benzene rings is 1. The SMILES string of the molecule is CC(N)c1ccc(NC(=O)N(CCCO)C(C)C)cc1. The summed E-state index contributed by atoms with van der Waals surface area (Å²) < 4.78 is 0. The van der Waals surface area contributed by atoms with Crippen molar-refractivity contribution in [3.05, 3.63) is 29.8 Å². The van der Waals surface area contributed by atoms with E-state index in [2.05, 4.69) is 5.32 Å². The maximum Gasteiger partial charge on any atom is 0.322 e. The Hall–Kier alpha value is -1.59. The minimum atomic E-state index is -0.151. The number of urea groups is 1. The van der Waals surface area contributed by atoms with Crippen molar-refractivity contribution in [2.75, 3.05) is 18.5 Å². The second-order valence-electron chi connectivity index (χ2n) is 5.21. The second-order valence-corrected chi connectivity index (χ2v) is 5.21. The van der Waals surface area contributed by atoms with Gasteiger partial charge >= 0.3 is 6.03 Å². The first-order valence-electron chi connectivity index (χ1n) is 6.99. The fraction of sp³-hybridized carbons (Fsp3) is 0.533. The standard InChI is InChI=1S/C15H25N3O2/c1-11(2)18(9-4-10-19)15(20)17-14-7-5-13(6-8-14)12(3)16/h5-8,11-12,19H,4,9-10,16H2,1-3H3,(H,17,20). The molecule has 1 aromatic carbocycles. The molecule has 0 aliphatic rings. The molecule has 0 aliphatic heterocycles. The average molecular weight is 279 g/mol. The molecule has 0 fully saturated rings. The van der Waals surface area contributed by atoms with Crippen LogP contribution in [-0.4, -0.2) is 35.2 Å². The van der Waals surface area contributed by atoms with Crippen LogP contribution in [-0.2, 0) is 0 Å². The molecule has 0 bridgehead atoms. The lowest BCUT2D eigenvalue weighted by Gasteiger charge is -2.26. The molecule has 1 aromatic rings. The molecule has 112 valence electrons. The largest absolute Gasteiger partial charge is 0.396 e. The van der Waals surface area contributed by atoms with Gasteiger partial charge in [0.15, 0.2) is 0 Å². The summed E-state index contributed by atoms with van der Waals surface area (Å²) in [6.07, 6.45) is 0.579. The highest BCUT2D eigenvalue weighted by Crippen LogP contribution is 2.15. The summed E-state index contributed by atoms with van der Waals surface area (Å²) >= 11 is 0. The van der Waals surface area contributed by atoms with Crippen LogP contribution in [0.4, 0.5) is 10.5 Å². The van der Waals surface area contributed by atoms with E-state index < -0.39 is 0 Å². The lowest BCUT2D eigenvalue weighted by Crippen LogP contribution is -2.40. The van der Waals surface area contributed by atoms with Gasteiger partial charge in [0.2, 0.25) is 0 Å². The van der Waals surface area contributed by atoms with Crippen LogP contribution in [0.1, 0.15) is 38.8 Å². The van der Waals surface area contributed by atoms with Crippen LogP contribution in [0.2, 0.25) is 0 Å². The van der Waals surface area contributed by atoms with Crippen LogP contribution in [0.3, 0.4) is 0 Å². The first-order valence-corrected chi connectivity index (χ1v) is 6.99. The Morgan fingerprint density at radius 1 is 1.30 bits per heavy atom. The maximum atomic E-state index is 12.2. The topological polar surface area (TPSA) is 78.6 Å². The molecule has 2 amide bonds. The van der Waals surface area contributed by atoms with Gasteiger partial charge in [-0.1, -0.05) is 12.1 Å². The van der Waals surface area contributed by atoms with Crippen LogP contribution in [0.25, 0.3) is 0 Å². The number of nitrogens with one attached hydrogen (secondary N) is 1. The van der Waals surface area contributed by atoms with E-state index in [0.717, 1.165) is 11.3 Å². The Labute approximate surface area is 120 Å². The Morgan fingerprint density at radius 3 is 2.35 bits per heavy atom. The van der Waals surface area contributed by atoms with E-state index in [9.17, 15) is 4.79 Å². The number of rotatable bonds is 6. The first kappa shape index (κ1) is 16.5. The predicted octanol–water partition coefficient (Wildman–Crippen LogP) is 2.33. The number of nitrogens with zero attached hydrogens (tertiary/aromatic N) is 1. The number of aliphatic hydroxyl groups is 1. The molecule has 0 heterocycles. The van der Waals surface area contributed by atoms with Crippen LogP contribution >= 0.6 is 0 Å². The first-order chi connectivity index (χ1) is 9.45. The molecular weight excluding hydrogens is 254 g/mol. The zero-order chi connectivity index (χ0) is 15.1. The van der Waals surface area contributed by atoms with Crippen molar-refractivity contribution in [1.82, 2.24) is 4.90 Å². The highest BCUT2D eigenvalue weighted by atomic mass is 16.3. The van der Waals surface area contributed by atoms with E-state index in [1.807, 2.05) is 45.0 Å². The van der Waals surface area contributed by atoms with E-state index in [0.29, 0.717) is 13.0 Å². The molecule has 1 unspecified atom stereocenters. The molecule has 0 saturated heterocycles. The Morgan fingerprint density at radius 2 is 1.90 bits per heavy atom. The summed E-state index contributed by atoms with van der Waals surface area (Å²) in [4.78, 5) is 13.9. The third-order valence-corrected chi connectivity index (χ3v) is 3.13. The predicted molar refractivity (Wildman–Crippen MR) is 81.6 cm³/mol. The third-order valence-electron chi connectivity index (χ3n) is 3.13. The number of anilines is 1. The summed E-state index contributed by atoms with van der Waals surface area (Å²) in [7, 11) is 0. The van der Waals surface area contributed by atoms with Gasteiger partial charge in [0.25, 0.3) is 0 Å². The molecule has 0 radical (unpaired) electrons. The van der Waals surface area contributed by atoms with Crippen molar-refractivity contribution in [3.63, 3.8) is 0 Å².